The Morgan fingerprint density at radius 3 is 2.24 bits per heavy atom. The van der Waals surface area contributed by atoms with Crippen LogP contribution in [0.1, 0.15) is 15.9 Å². The number of halogens is 3. The molecule has 1 saturated heterocycles. The summed E-state index contributed by atoms with van der Waals surface area (Å²) in [5.74, 6) is -1.30. The van der Waals surface area contributed by atoms with Crippen LogP contribution in [0.5, 0.6) is 0 Å². The Kier molecular flexibility index (Phi) is 5.95. The van der Waals surface area contributed by atoms with Gasteiger partial charge in [0.15, 0.2) is 6.61 Å². The van der Waals surface area contributed by atoms with Crippen molar-refractivity contribution in [3.05, 3.63) is 59.7 Å². The first-order valence-corrected chi connectivity index (χ1v) is 8.97. The van der Waals surface area contributed by atoms with Crippen molar-refractivity contribution in [2.24, 2.45) is 0 Å². The van der Waals surface area contributed by atoms with Crippen LogP contribution in [0.25, 0.3) is 0 Å². The van der Waals surface area contributed by atoms with Gasteiger partial charge in [-0.15, -0.1) is 0 Å². The molecule has 29 heavy (non-hydrogen) atoms. The Hall–Kier alpha value is -3.23. The molecule has 2 N–H and O–H groups in total. The minimum absolute atomic E-state index is 0.209. The van der Waals surface area contributed by atoms with Gasteiger partial charge in [0.2, 0.25) is 0 Å². The van der Waals surface area contributed by atoms with Crippen molar-refractivity contribution in [1.29, 1.82) is 0 Å². The summed E-state index contributed by atoms with van der Waals surface area (Å²) >= 11 is 0. The summed E-state index contributed by atoms with van der Waals surface area (Å²) < 4.78 is 43.0. The third kappa shape index (κ3) is 4.98. The number of hydrogen-bond acceptors (Lipinski definition) is 5. The van der Waals surface area contributed by atoms with Crippen LogP contribution < -0.4 is 10.6 Å². The SMILES string of the molecule is Nc1cc(C(F)(F)F)ccc1C(=O)OCC(=O)N1CCN(c2ccccc2)CC1. The number of para-hydroxylation sites is 1. The summed E-state index contributed by atoms with van der Waals surface area (Å²) in [6, 6.07) is 12.2. The zero-order valence-electron chi connectivity index (χ0n) is 15.5. The van der Waals surface area contributed by atoms with Gasteiger partial charge in [0.05, 0.1) is 11.1 Å². The van der Waals surface area contributed by atoms with Gasteiger partial charge in [0, 0.05) is 37.6 Å². The first kappa shape index (κ1) is 20.5. The second-order valence-electron chi connectivity index (χ2n) is 6.58. The molecule has 9 heteroatoms. The van der Waals surface area contributed by atoms with E-state index in [1.54, 1.807) is 4.90 Å². The van der Waals surface area contributed by atoms with Crippen molar-refractivity contribution in [2.45, 2.75) is 6.18 Å². The number of piperazine rings is 1. The molecule has 0 unspecified atom stereocenters. The highest BCUT2D eigenvalue weighted by atomic mass is 19.4. The predicted octanol–water partition coefficient (Wildman–Crippen LogP) is 2.79. The minimum Gasteiger partial charge on any atom is -0.452 e. The molecule has 2 aromatic rings. The molecular formula is C20H20F3N3O3. The van der Waals surface area contributed by atoms with Gasteiger partial charge in [-0.25, -0.2) is 4.79 Å². The van der Waals surface area contributed by atoms with E-state index in [4.69, 9.17) is 10.5 Å². The molecular weight excluding hydrogens is 387 g/mol. The van der Waals surface area contributed by atoms with Crippen LogP contribution in [0.4, 0.5) is 24.5 Å². The van der Waals surface area contributed by atoms with Gasteiger partial charge >= 0.3 is 12.1 Å². The summed E-state index contributed by atoms with van der Waals surface area (Å²) in [5.41, 5.74) is 5.09. The summed E-state index contributed by atoms with van der Waals surface area (Å²) in [4.78, 5) is 28.1. The smallest absolute Gasteiger partial charge is 0.416 e. The molecule has 0 spiro atoms. The quantitative estimate of drug-likeness (QED) is 0.623. The van der Waals surface area contributed by atoms with E-state index in [1.165, 1.54) is 0 Å². The molecule has 154 valence electrons. The highest BCUT2D eigenvalue weighted by Gasteiger charge is 2.31. The molecule has 6 nitrogen and oxygen atoms in total. The number of amides is 1. The van der Waals surface area contributed by atoms with Gasteiger partial charge in [-0.2, -0.15) is 13.2 Å². The van der Waals surface area contributed by atoms with Crippen LogP contribution in [0.2, 0.25) is 0 Å². The monoisotopic (exact) mass is 407 g/mol. The molecule has 0 aromatic heterocycles. The van der Waals surface area contributed by atoms with E-state index in [0.29, 0.717) is 32.2 Å². The Balaban J connectivity index is 1.51. The van der Waals surface area contributed by atoms with E-state index in [-0.39, 0.29) is 17.2 Å². The molecule has 0 saturated carbocycles. The standard InChI is InChI=1S/C20H20F3N3O3/c21-20(22,23)14-6-7-16(17(24)12-14)19(28)29-13-18(27)26-10-8-25(9-11-26)15-4-2-1-3-5-15/h1-7,12H,8-11,13,24H2. The fourth-order valence-corrected chi connectivity index (χ4v) is 3.07. The molecule has 0 atom stereocenters. The molecule has 3 rings (SSSR count). The van der Waals surface area contributed by atoms with E-state index >= 15 is 0 Å². The van der Waals surface area contributed by atoms with Crippen LogP contribution in [0.15, 0.2) is 48.5 Å². The number of benzene rings is 2. The Bertz CT molecular complexity index is 880. The molecule has 1 aliphatic heterocycles. The molecule has 0 radical (unpaired) electrons. The highest BCUT2D eigenvalue weighted by Crippen LogP contribution is 2.31. The number of nitrogens with two attached hydrogens (primary N) is 1. The second-order valence-corrected chi connectivity index (χ2v) is 6.58. The maximum atomic E-state index is 12.7. The molecule has 0 aliphatic carbocycles. The number of anilines is 2. The summed E-state index contributed by atoms with van der Waals surface area (Å²) in [7, 11) is 0. The van der Waals surface area contributed by atoms with Crippen LogP contribution in [-0.4, -0.2) is 49.6 Å². The van der Waals surface area contributed by atoms with Crippen LogP contribution in [0, 0.1) is 0 Å². The van der Waals surface area contributed by atoms with Crippen molar-refractivity contribution in [3.8, 4) is 0 Å². The topological polar surface area (TPSA) is 75.9 Å². The molecule has 2 aromatic carbocycles. The molecule has 1 heterocycles. The maximum Gasteiger partial charge on any atom is 0.416 e. The first-order chi connectivity index (χ1) is 13.8. The van der Waals surface area contributed by atoms with Crippen molar-refractivity contribution in [3.63, 3.8) is 0 Å². The normalized spacial score (nSPS) is 14.6. The lowest BCUT2D eigenvalue weighted by molar-refractivity contribution is -0.137. The third-order valence-corrected chi connectivity index (χ3v) is 4.68. The number of nitrogens with zero attached hydrogens (tertiary/aromatic N) is 2. The van der Waals surface area contributed by atoms with Crippen molar-refractivity contribution < 1.29 is 27.5 Å². The first-order valence-electron chi connectivity index (χ1n) is 8.97. The minimum atomic E-state index is -4.56. The Labute approximate surface area is 165 Å². The molecule has 0 bridgehead atoms. The van der Waals surface area contributed by atoms with Crippen LogP contribution in [-0.2, 0) is 15.7 Å². The predicted molar refractivity (Wildman–Crippen MR) is 101 cm³/mol. The number of carbonyl (C=O) groups is 2. The van der Waals surface area contributed by atoms with Gasteiger partial charge in [-0.1, -0.05) is 18.2 Å². The van der Waals surface area contributed by atoms with E-state index in [0.717, 1.165) is 17.8 Å². The van der Waals surface area contributed by atoms with E-state index in [1.807, 2.05) is 30.3 Å². The van der Waals surface area contributed by atoms with E-state index in [2.05, 4.69) is 4.90 Å². The van der Waals surface area contributed by atoms with Gasteiger partial charge in [0.25, 0.3) is 5.91 Å². The largest absolute Gasteiger partial charge is 0.452 e. The van der Waals surface area contributed by atoms with Gasteiger partial charge in [-0.05, 0) is 30.3 Å². The lowest BCUT2D eigenvalue weighted by Gasteiger charge is -2.36. The summed E-state index contributed by atoms with van der Waals surface area (Å²) in [6.45, 7) is 1.76. The number of alkyl halides is 3. The van der Waals surface area contributed by atoms with Gasteiger partial charge < -0.3 is 20.3 Å². The molecule has 1 aliphatic rings. The summed E-state index contributed by atoms with van der Waals surface area (Å²) in [5, 5.41) is 0. The Morgan fingerprint density at radius 1 is 1.00 bits per heavy atom. The lowest BCUT2D eigenvalue weighted by atomic mass is 10.1. The zero-order valence-corrected chi connectivity index (χ0v) is 15.5. The fourth-order valence-electron chi connectivity index (χ4n) is 3.07. The average molecular weight is 407 g/mol. The van der Waals surface area contributed by atoms with Gasteiger partial charge in [0.1, 0.15) is 0 Å². The van der Waals surface area contributed by atoms with Gasteiger partial charge in [-0.3, -0.25) is 4.79 Å². The number of carbonyl (C=O) groups excluding carboxylic acids is 2. The lowest BCUT2D eigenvalue weighted by Crippen LogP contribution is -2.49. The van der Waals surface area contributed by atoms with Crippen molar-refractivity contribution in [1.82, 2.24) is 4.90 Å². The highest BCUT2D eigenvalue weighted by molar-refractivity contribution is 5.96. The zero-order chi connectivity index (χ0) is 21.0. The third-order valence-electron chi connectivity index (χ3n) is 4.68. The van der Waals surface area contributed by atoms with Crippen molar-refractivity contribution in [2.75, 3.05) is 43.4 Å². The number of hydrogen-bond donors (Lipinski definition) is 1. The fraction of sp³-hybridized carbons (Fsp3) is 0.300. The average Bonchev–Trinajstić information content (AvgIpc) is 2.72. The van der Waals surface area contributed by atoms with Crippen LogP contribution in [0.3, 0.4) is 0 Å². The van der Waals surface area contributed by atoms with E-state index < -0.39 is 24.3 Å². The Morgan fingerprint density at radius 2 is 1.66 bits per heavy atom. The van der Waals surface area contributed by atoms with E-state index in [9.17, 15) is 22.8 Å². The van der Waals surface area contributed by atoms with Crippen molar-refractivity contribution >= 4 is 23.3 Å². The molecule has 1 fully saturated rings. The maximum absolute atomic E-state index is 12.7. The number of ether oxygens (including phenoxy) is 1. The van der Waals surface area contributed by atoms with Crippen LogP contribution >= 0.6 is 0 Å². The molecule has 1 amide bonds. The second kappa shape index (κ2) is 8.42. The summed E-state index contributed by atoms with van der Waals surface area (Å²) in [6.07, 6.45) is -4.56. The number of esters is 1. The number of rotatable bonds is 4. The number of nitrogen functional groups attached to an aromatic ring is 1.